The Labute approximate surface area is 88.5 Å². The van der Waals surface area contributed by atoms with E-state index in [-0.39, 0.29) is 12.3 Å². The van der Waals surface area contributed by atoms with Crippen LogP contribution in [0.3, 0.4) is 0 Å². The van der Waals surface area contributed by atoms with E-state index in [9.17, 15) is 18.1 Å². The highest BCUT2D eigenvalue weighted by Gasteiger charge is 2.20. The van der Waals surface area contributed by atoms with E-state index in [4.69, 9.17) is 0 Å². The predicted octanol–water partition coefficient (Wildman–Crippen LogP) is -0.828. The second-order valence-corrected chi connectivity index (χ2v) is 4.78. The van der Waals surface area contributed by atoms with Crippen LogP contribution in [-0.4, -0.2) is 31.7 Å². The van der Waals surface area contributed by atoms with Crippen molar-refractivity contribution in [2.45, 2.75) is 5.25 Å². The van der Waals surface area contributed by atoms with E-state index in [2.05, 4.69) is 0 Å². The van der Waals surface area contributed by atoms with E-state index in [1.165, 1.54) is 24.3 Å². The van der Waals surface area contributed by atoms with Gasteiger partial charge in [-0.15, -0.1) is 0 Å². The van der Waals surface area contributed by atoms with Crippen LogP contribution in [0.25, 0.3) is 0 Å². The fraction of sp³-hybridized carbons (Fsp3) is 0.333. The summed E-state index contributed by atoms with van der Waals surface area (Å²) in [7, 11) is -2.71. The van der Waals surface area contributed by atoms with Gasteiger partial charge < -0.3 is 15.0 Å². The van der Waals surface area contributed by atoms with Gasteiger partial charge in [-0.2, -0.15) is 0 Å². The molecule has 1 aromatic carbocycles. The van der Waals surface area contributed by atoms with E-state index in [0.29, 0.717) is 5.56 Å². The summed E-state index contributed by atoms with van der Waals surface area (Å²) < 4.78 is 32.9. The molecule has 0 aliphatic rings. The molecule has 84 valence electrons. The van der Waals surface area contributed by atoms with Crippen molar-refractivity contribution in [1.82, 2.24) is 0 Å². The van der Waals surface area contributed by atoms with Gasteiger partial charge in [-0.05, 0) is 17.7 Å². The SMILES string of the molecule is C[NH2+]CC(c1cccc(O)c1)S(=O)(=O)[O-]. The molecule has 5 nitrogen and oxygen atoms in total. The highest BCUT2D eigenvalue weighted by Crippen LogP contribution is 2.22. The van der Waals surface area contributed by atoms with Gasteiger partial charge in [0.25, 0.3) is 0 Å². The molecular formula is C9H13NO4S. The number of aromatic hydroxyl groups is 1. The molecule has 1 aromatic rings. The van der Waals surface area contributed by atoms with Gasteiger partial charge in [0.1, 0.15) is 21.1 Å². The average Bonchev–Trinajstić information content (AvgIpc) is 2.12. The van der Waals surface area contributed by atoms with Gasteiger partial charge in [0.05, 0.1) is 13.6 Å². The van der Waals surface area contributed by atoms with E-state index in [1.54, 1.807) is 12.4 Å². The molecule has 0 spiro atoms. The molecule has 0 aliphatic heterocycles. The van der Waals surface area contributed by atoms with Crippen molar-refractivity contribution in [3.05, 3.63) is 29.8 Å². The van der Waals surface area contributed by atoms with Crippen molar-refractivity contribution in [3.8, 4) is 5.75 Å². The van der Waals surface area contributed by atoms with Crippen LogP contribution in [0.2, 0.25) is 0 Å². The van der Waals surface area contributed by atoms with Gasteiger partial charge in [-0.25, -0.2) is 8.42 Å². The number of hydrogen-bond donors (Lipinski definition) is 2. The standard InChI is InChI=1S/C9H13NO4S/c1-10-6-9(15(12,13)14)7-3-2-4-8(11)5-7/h2-5,9-11H,6H2,1H3,(H,12,13,14). The van der Waals surface area contributed by atoms with E-state index in [0.717, 1.165) is 0 Å². The van der Waals surface area contributed by atoms with E-state index >= 15 is 0 Å². The van der Waals surface area contributed by atoms with E-state index < -0.39 is 15.4 Å². The number of phenols is 1. The summed E-state index contributed by atoms with van der Waals surface area (Å²) in [4.78, 5) is 0. The lowest BCUT2D eigenvalue weighted by Crippen LogP contribution is -2.81. The van der Waals surface area contributed by atoms with Crippen LogP contribution in [0, 0.1) is 0 Å². The topological polar surface area (TPSA) is 94.0 Å². The fourth-order valence-corrected chi connectivity index (χ4v) is 2.27. The maximum atomic E-state index is 11.0. The lowest BCUT2D eigenvalue weighted by Gasteiger charge is -2.18. The first kappa shape index (κ1) is 12.0. The van der Waals surface area contributed by atoms with Gasteiger partial charge in [-0.3, -0.25) is 0 Å². The molecule has 3 N–H and O–H groups in total. The Kier molecular flexibility index (Phi) is 3.67. The fourth-order valence-electron chi connectivity index (χ4n) is 1.36. The second-order valence-electron chi connectivity index (χ2n) is 3.22. The number of quaternary nitrogens is 1. The largest absolute Gasteiger partial charge is 0.747 e. The molecule has 0 heterocycles. The molecule has 1 atom stereocenters. The molecule has 1 unspecified atom stereocenters. The van der Waals surface area contributed by atoms with Crippen LogP contribution >= 0.6 is 0 Å². The third kappa shape index (κ3) is 3.19. The Balaban J connectivity index is 3.10. The first-order chi connectivity index (χ1) is 6.95. The molecule has 6 heteroatoms. The first-order valence-corrected chi connectivity index (χ1v) is 5.93. The quantitative estimate of drug-likeness (QED) is 0.661. The Morgan fingerprint density at radius 1 is 1.53 bits per heavy atom. The summed E-state index contributed by atoms with van der Waals surface area (Å²) in [5.74, 6) is -0.0442. The Morgan fingerprint density at radius 3 is 2.67 bits per heavy atom. The van der Waals surface area contributed by atoms with Crippen LogP contribution in [0.1, 0.15) is 10.8 Å². The van der Waals surface area contributed by atoms with Crippen molar-refractivity contribution in [1.29, 1.82) is 0 Å². The minimum Gasteiger partial charge on any atom is -0.747 e. The molecule has 0 radical (unpaired) electrons. The van der Waals surface area contributed by atoms with Crippen LogP contribution in [0.15, 0.2) is 24.3 Å². The third-order valence-corrected chi connectivity index (χ3v) is 3.20. The van der Waals surface area contributed by atoms with Crippen LogP contribution < -0.4 is 5.32 Å². The van der Waals surface area contributed by atoms with Crippen LogP contribution in [-0.2, 0) is 10.1 Å². The van der Waals surface area contributed by atoms with Crippen molar-refractivity contribution in [3.63, 3.8) is 0 Å². The lowest BCUT2D eigenvalue weighted by molar-refractivity contribution is -0.627. The highest BCUT2D eigenvalue weighted by atomic mass is 32.2. The van der Waals surface area contributed by atoms with Gasteiger partial charge in [-0.1, -0.05) is 12.1 Å². The molecular weight excluding hydrogens is 218 g/mol. The van der Waals surface area contributed by atoms with Crippen molar-refractivity contribution >= 4 is 10.1 Å². The second kappa shape index (κ2) is 4.61. The first-order valence-electron chi connectivity index (χ1n) is 4.46. The third-order valence-electron chi connectivity index (χ3n) is 2.04. The Hall–Kier alpha value is -1.11. The minimum absolute atomic E-state index is 0.0442. The molecule has 0 amide bonds. The summed E-state index contributed by atoms with van der Waals surface area (Å²) in [5.41, 5.74) is 0.322. The van der Waals surface area contributed by atoms with Gasteiger partial charge in [0, 0.05) is 0 Å². The van der Waals surface area contributed by atoms with Crippen LogP contribution in [0.4, 0.5) is 0 Å². The summed E-state index contributed by atoms with van der Waals surface area (Å²) in [6, 6.07) is 5.75. The summed E-state index contributed by atoms with van der Waals surface area (Å²) in [5, 5.41) is 9.69. The molecule has 1 rings (SSSR count). The van der Waals surface area contributed by atoms with Crippen molar-refractivity contribution in [2.24, 2.45) is 0 Å². The molecule has 0 aromatic heterocycles. The molecule has 0 aliphatic carbocycles. The van der Waals surface area contributed by atoms with E-state index in [1.807, 2.05) is 0 Å². The number of phenolic OH excluding ortho intramolecular Hbond substituents is 1. The average molecular weight is 231 g/mol. The predicted molar refractivity (Wildman–Crippen MR) is 53.3 cm³/mol. The Morgan fingerprint density at radius 2 is 2.20 bits per heavy atom. The summed E-state index contributed by atoms with van der Waals surface area (Å²) in [6.07, 6.45) is 0. The molecule has 0 fully saturated rings. The highest BCUT2D eigenvalue weighted by molar-refractivity contribution is 7.86. The smallest absolute Gasteiger partial charge is 0.123 e. The van der Waals surface area contributed by atoms with Gasteiger partial charge >= 0.3 is 0 Å². The number of hydrogen-bond acceptors (Lipinski definition) is 4. The monoisotopic (exact) mass is 231 g/mol. The maximum Gasteiger partial charge on any atom is 0.123 e. The molecule has 0 saturated carbocycles. The zero-order chi connectivity index (χ0) is 11.5. The minimum atomic E-state index is -4.39. The summed E-state index contributed by atoms with van der Waals surface area (Å²) in [6.45, 7) is 0.148. The van der Waals surface area contributed by atoms with Crippen molar-refractivity contribution in [2.75, 3.05) is 13.6 Å². The number of nitrogens with two attached hydrogens (primary N) is 1. The normalized spacial score (nSPS) is 13.7. The van der Waals surface area contributed by atoms with Gasteiger partial charge in [0.2, 0.25) is 0 Å². The number of benzene rings is 1. The molecule has 15 heavy (non-hydrogen) atoms. The number of likely N-dealkylation sites (N-methyl/N-ethyl adjacent to an activating group) is 1. The Bertz CT molecular complexity index is 429. The molecule has 0 saturated heterocycles. The summed E-state index contributed by atoms with van der Waals surface area (Å²) >= 11 is 0. The van der Waals surface area contributed by atoms with Crippen molar-refractivity contribution < 1.29 is 23.4 Å². The number of rotatable bonds is 4. The zero-order valence-electron chi connectivity index (χ0n) is 8.25. The molecule has 0 bridgehead atoms. The van der Waals surface area contributed by atoms with Gasteiger partial charge in [0.15, 0.2) is 0 Å². The zero-order valence-corrected chi connectivity index (χ0v) is 9.07. The maximum absolute atomic E-state index is 11.0. The van der Waals surface area contributed by atoms with Crippen LogP contribution in [0.5, 0.6) is 5.75 Å². The lowest BCUT2D eigenvalue weighted by atomic mass is 10.1.